The standard InChI is InChI=1S/2C6H15N.H3P/c2*1-4-7(5-2)6-3;/h2*4-6H2,1-3H3;1H3. The van der Waals surface area contributed by atoms with Gasteiger partial charge in [-0.2, -0.15) is 9.90 Å². The second kappa shape index (κ2) is 16.8. The molecule has 0 saturated heterocycles. The molecule has 0 saturated carbocycles. The molecule has 0 aromatic rings. The second-order valence-electron chi connectivity index (χ2n) is 3.24. The minimum atomic E-state index is 0. The van der Waals surface area contributed by atoms with Gasteiger partial charge < -0.3 is 9.80 Å². The lowest BCUT2D eigenvalue weighted by molar-refractivity contribution is 0.321. The van der Waals surface area contributed by atoms with Crippen molar-refractivity contribution >= 4 is 9.90 Å². The Bertz CT molecular complexity index is 68.6. The highest BCUT2D eigenvalue weighted by molar-refractivity contribution is 6.92. The number of nitrogens with zero attached hydrogens (tertiary/aromatic N) is 2. The molecule has 0 aromatic heterocycles. The van der Waals surface area contributed by atoms with Crippen LogP contribution in [0.3, 0.4) is 0 Å². The molecule has 2 nitrogen and oxygen atoms in total. The van der Waals surface area contributed by atoms with E-state index in [-0.39, 0.29) is 9.90 Å². The normalized spacial score (nSPS) is 9.60. The summed E-state index contributed by atoms with van der Waals surface area (Å²) in [6.07, 6.45) is 0. The van der Waals surface area contributed by atoms with Crippen molar-refractivity contribution in [3.63, 3.8) is 0 Å². The molecule has 0 rings (SSSR count). The summed E-state index contributed by atoms with van der Waals surface area (Å²) in [7, 11) is 0. The van der Waals surface area contributed by atoms with Gasteiger partial charge in [0.05, 0.1) is 0 Å². The molecule has 0 N–H and O–H groups in total. The van der Waals surface area contributed by atoms with Gasteiger partial charge in [-0.1, -0.05) is 41.5 Å². The van der Waals surface area contributed by atoms with Crippen LogP contribution in [0, 0.1) is 0 Å². The summed E-state index contributed by atoms with van der Waals surface area (Å²) in [6, 6.07) is 0. The first-order valence-electron chi connectivity index (χ1n) is 6.14. The Labute approximate surface area is 101 Å². The van der Waals surface area contributed by atoms with Gasteiger partial charge in [0.15, 0.2) is 0 Å². The van der Waals surface area contributed by atoms with Gasteiger partial charge in [0, 0.05) is 0 Å². The smallest absolute Gasteiger partial charge is 0.00474 e. The molecule has 0 fully saturated rings. The highest BCUT2D eigenvalue weighted by atomic mass is 31.0. The van der Waals surface area contributed by atoms with Crippen molar-refractivity contribution in [1.82, 2.24) is 9.80 Å². The first-order chi connectivity index (χ1) is 6.69. The molecule has 3 heteroatoms. The van der Waals surface area contributed by atoms with Crippen LogP contribution in [-0.4, -0.2) is 49.1 Å². The fourth-order valence-electron chi connectivity index (χ4n) is 1.34. The Morgan fingerprint density at radius 2 is 0.600 bits per heavy atom. The van der Waals surface area contributed by atoms with Crippen molar-refractivity contribution in [3.8, 4) is 0 Å². The molecule has 0 amide bonds. The van der Waals surface area contributed by atoms with E-state index in [2.05, 4.69) is 51.3 Å². The second-order valence-corrected chi connectivity index (χ2v) is 3.24. The predicted octanol–water partition coefficient (Wildman–Crippen LogP) is 2.75. The Balaban J connectivity index is -0.000000180. The van der Waals surface area contributed by atoms with Gasteiger partial charge in [0.2, 0.25) is 0 Å². The molecule has 0 heterocycles. The van der Waals surface area contributed by atoms with E-state index in [4.69, 9.17) is 0 Å². The van der Waals surface area contributed by atoms with Gasteiger partial charge in [-0.05, 0) is 39.3 Å². The zero-order chi connectivity index (χ0) is 11.4. The minimum Gasteiger partial charge on any atom is -0.304 e. The maximum atomic E-state index is 2.38. The molecule has 96 valence electrons. The monoisotopic (exact) mass is 236 g/mol. The molecule has 0 spiro atoms. The van der Waals surface area contributed by atoms with Crippen LogP contribution in [0.25, 0.3) is 0 Å². The number of hydrogen-bond donors (Lipinski definition) is 0. The molecule has 0 bridgehead atoms. The molecular weight excluding hydrogens is 203 g/mol. The lowest BCUT2D eigenvalue weighted by atomic mass is 10.5. The van der Waals surface area contributed by atoms with Crippen LogP contribution in [0.2, 0.25) is 0 Å². The van der Waals surface area contributed by atoms with Gasteiger partial charge >= 0.3 is 0 Å². The van der Waals surface area contributed by atoms with Gasteiger partial charge in [-0.25, -0.2) is 0 Å². The average Bonchev–Trinajstić information content (AvgIpc) is 2.24. The van der Waals surface area contributed by atoms with Crippen LogP contribution in [0.5, 0.6) is 0 Å². The highest BCUT2D eigenvalue weighted by Gasteiger charge is 1.89. The summed E-state index contributed by atoms with van der Waals surface area (Å²) in [5.41, 5.74) is 0. The third-order valence-electron chi connectivity index (χ3n) is 2.68. The minimum absolute atomic E-state index is 0. The van der Waals surface area contributed by atoms with Gasteiger partial charge in [-0.3, -0.25) is 0 Å². The first-order valence-corrected chi connectivity index (χ1v) is 6.14. The molecule has 1 unspecified atom stereocenters. The van der Waals surface area contributed by atoms with Crippen molar-refractivity contribution in [2.45, 2.75) is 41.5 Å². The van der Waals surface area contributed by atoms with Gasteiger partial charge in [0.1, 0.15) is 0 Å². The molecular formula is C12H33N2P. The van der Waals surface area contributed by atoms with Crippen molar-refractivity contribution in [2.75, 3.05) is 39.3 Å². The largest absolute Gasteiger partial charge is 0.304 e. The third kappa shape index (κ3) is 14.4. The Morgan fingerprint density at radius 3 is 0.600 bits per heavy atom. The van der Waals surface area contributed by atoms with Crippen molar-refractivity contribution < 1.29 is 0 Å². The molecule has 1 atom stereocenters. The van der Waals surface area contributed by atoms with E-state index < -0.39 is 0 Å². The molecule has 0 aromatic carbocycles. The summed E-state index contributed by atoms with van der Waals surface area (Å²) in [6.45, 7) is 20.2. The van der Waals surface area contributed by atoms with Gasteiger partial charge in [0.25, 0.3) is 0 Å². The van der Waals surface area contributed by atoms with Crippen molar-refractivity contribution in [1.29, 1.82) is 0 Å². The van der Waals surface area contributed by atoms with Crippen LogP contribution in [0.1, 0.15) is 41.5 Å². The van der Waals surface area contributed by atoms with E-state index in [1.165, 1.54) is 39.3 Å². The van der Waals surface area contributed by atoms with E-state index in [9.17, 15) is 0 Å². The average molecular weight is 236 g/mol. The van der Waals surface area contributed by atoms with E-state index in [1.807, 2.05) is 0 Å². The van der Waals surface area contributed by atoms with E-state index in [0.717, 1.165) is 0 Å². The first kappa shape index (κ1) is 20.7. The predicted molar refractivity (Wildman–Crippen MR) is 78.0 cm³/mol. The van der Waals surface area contributed by atoms with Crippen LogP contribution in [-0.2, 0) is 0 Å². The van der Waals surface area contributed by atoms with Crippen molar-refractivity contribution in [3.05, 3.63) is 0 Å². The topological polar surface area (TPSA) is 6.48 Å². The van der Waals surface area contributed by atoms with Gasteiger partial charge in [-0.15, -0.1) is 0 Å². The maximum Gasteiger partial charge on any atom is -0.00474 e. The zero-order valence-corrected chi connectivity index (χ0v) is 13.3. The van der Waals surface area contributed by atoms with Crippen LogP contribution < -0.4 is 0 Å². The van der Waals surface area contributed by atoms with E-state index in [0.29, 0.717) is 0 Å². The molecule has 0 aliphatic heterocycles. The Hall–Kier alpha value is 0.350. The van der Waals surface area contributed by atoms with Crippen molar-refractivity contribution in [2.24, 2.45) is 0 Å². The number of hydrogen-bond acceptors (Lipinski definition) is 2. The molecule has 15 heavy (non-hydrogen) atoms. The van der Waals surface area contributed by atoms with E-state index >= 15 is 0 Å². The van der Waals surface area contributed by atoms with E-state index in [1.54, 1.807) is 0 Å². The number of rotatable bonds is 6. The zero-order valence-electron chi connectivity index (χ0n) is 11.8. The highest BCUT2D eigenvalue weighted by Crippen LogP contribution is 1.82. The fourth-order valence-corrected chi connectivity index (χ4v) is 1.34. The molecule has 0 aliphatic rings. The lowest BCUT2D eigenvalue weighted by Crippen LogP contribution is -2.21. The SMILES string of the molecule is CCN(CC)CC.CCN(CC)CC.P. The fraction of sp³-hybridized carbons (Fsp3) is 1.00. The Morgan fingerprint density at radius 1 is 0.467 bits per heavy atom. The summed E-state index contributed by atoms with van der Waals surface area (Å²) < 4.78 is 0. The van der Waals surface area contributed by atoms with Crippen LogP contribution in [0.4, 0.5) is 0 Å². The Kier molecular flexibility index (Phi) is 23.2. The molecule has 0 aliphatic carbocycles. The third-order valence-corrected chi connectivity index (χ3v) is 2.68. The maximum absolute atomic E-state index is 2.38. The molecule has 0 radical (unpaired) electrons. The lowest BCUT2D eigenvalue weighted by Gasteiger charge is -2.13. The summed E-state index contributed by atoms with van der Waals surface area (Å²) in [5.74, 6) is 0. The summed E-state index contributed by atoms with van der Waals surface area (Å²) in [5, 5.41) is 0. The van der Waals surface area contributed by atoms with Crippen LogP contribution >= 0.6 is 9.90 Å². The summed E-state index contributed by atoms with van der Waals surface area (Å²) >= 11 is 0. The quantitative estimate of drug-likeness (QED) is 0.654. The summed E-state index contributed by atoms with van der Waals surface area (Å²) in [4.78, 5) is 4.75. The van der Waals surface area contributed by atoms with Crippen LogP contribution in [0.15, 0.2) is 0 Å².